The molecule has 0 aromatic carbocycles. The van der Waals surface area contributed by atoms with Gasteiger partial charge in [0.15, 0.2) is 6.10 Å². The van der Waals surface area contributed by atoms with Crippen LogP contribution in [0.4, 0.5) is 0 Å². The maximum atomic E-state index is 12.9. The Labute approximate surface area is 470 Å². The van der Waals surface area contributed by atoms with Crippen LogP contribution in [-0.2, 0) is 28.6 Å². The third-order valence-electron chi connectivity index (χ3n) is 13.5. The molecule has 0 aromatic heterocycles. The number of rotatable bonds is 57. The molecule has 0 rings (SSSR count). The molecule has 434 valence electrons. The fraction of sp³-hybridized carbons (Fsp3) is 0.700. The maximum absolute atomic E-state index is 12.9. The average molecular weight is 1060 g/mol. The van der Waals surface area contributed by atoms with Gasteiger partial charge < -0.3 is 14.2 Å². The van der Waals surface area contributed by atoms with E-state index in [0.717, 1.165) is 128 Å². The van der Waals surface area contributed by atoms with E-state index in [4.69, 9.17) is 14.2 Å². The number of carbonyl (C=O) groups excluding carboxylic acids is 3. The van der Waals surface area contributed by atoms with Crippen LogP contribution in [0.5, 0.6) is 0 Å². The van der Waals surface area contributed by atoms with Crippen molar-refractivity contribution >= 4 is 17.9 Å². The zero-order chi connectivity index (χ0) is 55.0. The molecule has 0 spiro atoms. The van der Waals surface area contributed by atoms with Gasteiger partial charge in [0.1, 0.15) is 13.2 Å². The van der Waals surface area contributed by atoms with Crippen LogP contribution in [0.15, 0.2) is 109 Å². The average Bonchev–Trinajstić information content (AvgIpc) is 3.42. The monoisotopic (exact) mass is 1050 g/mol. The number of esters is 3. The summed E-state index contributed by atoms with van der Waals surface area (Å²) >= 11 is 0. The fourth-order valence-electron chi connectivity index (χ4n) is 8.81. The molecule has 0 N–H and O–H groups in total. The third-order valence-corrected chi connectivity index (χ3v) is 13.5. The maximum Gasteiger partial charge on any atom is 0.306 e. The highest BCUT2D eigenvalue weighted by atomic mass is 16.6. The van der Waals surface area contributed by atoms with E-state index in [-0.39, 0.29) is 31.1 Å². The molecule has 0 bridgehead atoms. The predicted octanol–water partition coefficient (Wildman–Crippen LogP) is 21.8. The Morgan fingerprint density at radius 2 is 0.513 bits per heavy atom. The standard InChI is InChI=1S/C70H118O6/c1-4-7-10-13-16-19-22-25-28-30-32-34-35-37-38-40-42-45-48-51-54-57-60-63-69(72)75-66-67(65-74-68(71)62-59-56-53-50-47-44-27-24-21-18-15-12-9-6-3)76-70(73)64-61-58-55-52-49-46-43-41-39-36-33-31-29-26-23-20-17-14-11-8-5-2/h7-8,10-11,16-17,19-20,25-26,28-29,32-34,36-38,67H,4-6,9,12-15,18,21-24,27,30-31,35,39-66H2,1-3H3/b10-7-,11-8-,19-16-,20-17-,28-25-,29-26-,34-32-,36-33-,38-37-. The van der Waals surface area contributed by atoms with Gasteiger partial charge in [-0.05, 0) is 103 Å². The topological polar surface area (TPSA) is 78.9 Å². The van der Waals surface area contributed by atoms with Gasteiger partial charge in [0.2, 0.25) is 0 Å². The van der Waals surface area contributed by atoms with E-state index >= 15 is 0 Å². The van der Waals surface area contributed by atoms with Crippen molar-refractivity contribution in [2.45, 2.75) is 303 Å². The lowest BCUT2D eigenvalue weighted by Gasteiger charge is -2.18. The smallest absolute Gasteiger partial charge is 0.306 e. The number of carbonyl (C=O) groups is 3. The van der Waals surface area contributed by atoms with Crippen molar-refractivity contribution in [1.29, 1.82) is 0 Å². The molecule has 1 atom stereocenters. The first-order valence-corrected chi connectivity index (χ1v) is 31.9. The molecule has 6 heteroatoms. The minimum absolute atomic E-state index is 0.0835. The van der Waals surface area contributed by atoms with E-state index in [1.54, 1.807) is 0 Å². The molecule has 0 radical (unpaired) electrons. The molecular formula is C70H118O6. The lowest BCUT2D eigenvalue weighted by molar-refractivity contribution is -0.167. The first kappa shape index (κ1) is 72.1. The normalized spacial score (nSPS) is 12.8. The molecule has 1 unspecified atom stereocenters. The number of unbranched alkanes of at least 4 members (excludes halogenated alkanes) is 28. The van der Waals surface area contributed by atoms with E-state index in [0.29, 0.717) is 19.3 Å². The van der Waals surface area contributed by atoms with Crippen molar-refractivity contribution in [3.8, 4) is 0 Å². The molecule has 0 saturated carbocycles. The Morgan fingerprint density at radius 1 is 0.276 bits per heavy atom. The van der Waals surface area contributed by atoms with Crippen molar-refractivity contribution < 1.29 is 28.6 Å². The van der Waals surface area contributed by atoms with Gasteiger partial charge in [0.25, 0.3) is 0 Å². The Kier molecular flexibility index (Phi) is 60.3. The van der Waals surface area contributed by atoms with Gasteiger partial charge in [-0.15, -0.1) is 0 Å². The summed E-state index contributed by atoms with van der Waals surface area (Å²) in [6.07, 6.45) is 86.5. The van der Waals surface area contributed by atoms with Gasteiger partial charge in [-0.3, -0.25) is 14.4 Å². The summed E-state index contributed by atoms with van der Waals surface area (Å²) in [5.41, 5.74) is 0. The fourth-order valence-corrected chi connectivity index (χ4v) is 8.81. The van der Waals surface area contributed by atoms with Crippen molar-refractivity contribution in [3.63, 3.8) is 0 Å². The second-order valence-electron chi connectivity index (χ2n) is 20.9. The van der Waals surface area contributed by atoms with E-state index in [1.165, 1.54) is 128 Å². The second kappa shape index (κ2) is 63.6. The molecule has 0 aliphatic rings. The van der Waals surface area contributed by atoms with Crippen LogP contribution < -0.4 is 0 Å². The number of allylic oxidation sites excluding steroid dienone is 18. The summed E-state index contributed by atoms with van der Waals surface area (Å²) in [4.78, 5) is 38.3. The van der Waals surface area contributed by atoms with Gasteiger partial charge in [-0.1, -0.05) is 284 Å². The highest BCUT2D eigenvalue weighted by molar-refractivity contribution is 5.71. The first-order valence-electron chi connectivity index (χ1n) is 31.9. The molecule has 0 aromatic rings. The SMILES string of the molecule is CC/C=C\C/C=C\C/C=C\C/C=C\C/C=C\CCCCCCCCCC(=O)OCC(COC(=O)CCCCCCCCCCCCCCCC)OC(=O)CCCCCCCCCC/C=C\C/C=C\C/C=C\C/C=C\CC. The molecule has 76 heavy (non-hydrogen) atoms. The summed E-state index contributed by atoms with van der Waals surface area (Å²) in [7, 11) is 0. The Bertz CT molecular complexity index is 1540. The third kappa shape index (κ3) is 60.9. The van der Waals surface area contributed by atoms with Gasteiger partial charge in [0.05, 0.1) is 0 Å². The van der Waals surface area contributed by atoms with Gasteiger partial charge in [-0.25, -0.2) is 0 Å². The number of ether oxygens (including phenoxy) is 3. The summed E-state index contributed by atoms with van der Waals surface area (Å²) < 4.78 is 16.9. The van der Waals surface area contributed by atoms with Crippen LogP contribution >= 0.6 is 0 Å². The quantitative estimate of drug-likeness (QED) is 0.0261. The summed E-state index contributed by atoms with van der Waals surface area (Å²) in [5, 5.41) is 0. The molecule has 0 heterocycles. The van der Waals surface area contributed by atoms with Crippen LogP contribution in [0.1, 0.15) is 297 Å². The predicted molar refractivity (Wildman–Crippen MR) is 330 cm³/mol. The van der Waals surface area contributed by atoms with Gasteiger partial charge in [0, 0.05) is 19.3 Å². The lowest BCUT2D eigenvalue weighted by Crippen LogP contribution is -2.30. The second-order valence-corrected chi connectivity index (χ2v) is 20.9. The van der Waals surface area contributed by atoms with Gasteiger partial charge >= 0.3 is 17.9 Å². The molecule has 0 fully saturated rings. The zero-order valence-corrected chi connectivity index (χ0v) is 49.7. The van der Waals surface area contributed by atoms with Crippen LogP contribution in [0, 0.1) is 0 Å². The first-order chi connectivity index (χ1) is 37.5. The summed E-state index contributed by atoms with van der Waals surface area (Å²) in [6.45, 7) is 6.42. The molecule has 0 amide bonds. The molecular weight excluding hydrogens is 937 g/mol. The Hall–Kier alpha value is -3.93. The van der Waals surface area contributed by atoms with E-state index in [1.807, 2.05) is 0 Å². The van der Waals surface area contributed by atoms with Crippen molar-refractivity contribution in [2.24, 2.45) is 0 Å². The van der Waals surface area contributed by atoms with Crippen LogP contribution in [0.25, 0.3) is 0 Å². The minimum atomic E-state index is -0.789. The number of hydrogen-bond donors (Lipinski definition) is 0. The van der Waals surface area contributed by atoms with Crippen LogP contribution in [0.3, 0.4) is 0 Å². The highest BCUT2D eigenvalue weighted by Crippen LogP contribution is 2.16. The van der Waals surface area contributed by atoms with Crippen molar-refractivity contribution in [1.82, 2.24) is 0 Å². The molecule has 0 aliphatic heterocycles. The molecule has 0 saturated heterocycles. The Morgan fingerprint density at radius 3 is 0.803 bits per heavy atom. The van der Waals surface area contributed by atoms with Crippen molar-refractivity contribution in [2.75, 3.05) is 13.2 Å². The van der Waals surface area contributed by atoms with E-state index in [2.05, 4.69) is 130 Å². The van der Waals surface area contributed by atoms with Crippen LogP contribution in [-0.4, -0.2) is 37.2 Å². The van der Waals surface area contributed by atoms with Crippen molar-refractivity contribution in [3.05, 3.63) is 109 Å². The highest BCUT2D eigenvalue weighted by Gasteiger charge is 2.19. The summed E-state index contributed by atoms with van der Waals surface area (Å²) in [5.74, 6) is -0.894. The Balaban J connectivity index is 4.40. The molecule has 0 aliphatic carbocycles. The summed E-state index contributed by atoms with van der Waals surface area (Å²) in [6, 6.07) is 0. The van der Waals surface area contributed by atoms with Gasteiger partial charge in [-0.2, -0.15) is 0 Å². The van der Waals surface area contributed by atoms with E-state index < -0.39 is 6.10 Å². The minimum Gasteiger partial charge on any atom is -0.462 e. The lowest BCUT2D eigenvalue weighted by atomic mass is 10.0. The molecule has 6 nitrogen and oxygen atoms in total. The van der Waals surface area contributed by atoms with E-state index in [9.17, 15) is 14.4 Å². The van der Waals surface area contributed by atoms with Crippen LogP contribution in [0.2, 0.25) is 0 Å². The zero-order valence-electron chi connectivity index (χ0n) is 49.7. The number of hydrogen-bond acceptors (Lipinski definition) is 6. The largest absolute Gasteiger partial charge is 0.462 e.